The van der Waals surface area contributed by atoms with E-state index in [1.54, 1.807) is 40.1 Å². The molecule has 9 nitrogen and oxygen atoms in total. The number of methoxy groups -OCH3 is 1. The lowest BCUT2D eigenvalue weighted by Gasteiger charge is -2.38. The summed E-state index contributed by atoms with van der Waals surface area (Å²) in [6.45, 7) is 5.74. The van der Waals surface area contributed by atoms with Gasteiger partial charge in [0, 0.05) is 25.8 Å². The van der Waals surface area contributed by atoms with E-state index in [1.807, 2.05) is 12.1 Å². The lowest BCUT2D eigenvalue weighted by molar-refractivity contribution is -0.150. The fourth-order valence-electron chi connectivity index (χ4n) is 4.31. The number of ether oxygens (including phenoxy) is 3. The summed E-state index contributed by atoms with van der Waals surface area (Å²) in [5, 5.41) is 2.92. The second-order valence-corrected chi connectivity index (χ2v) is 8.12. The SMILES string of the molecule is CCOC(=O)C1=C(CN2CCCC(C(=O)OCC)C2)N(C)C(=O)NC1c1ccc(OC)cc1. The van der Waals surface area contributed by atoms with Crippen LogP contribution < -0.4 is 10.1 Å². The van der Waals surface area contributed by atoms with Crippen molar-refractivity contribution < 1.29 is 28.6 Å². The molecule has 2 aliphatic heterocycles. The first-order valence-corrected chi connectivity index (χ1v) is 11.4. The number of nitrogens with zero attached hydrogens (tertiary/aromatic N) is 2. The minimum atomic E-state index is -0.653. The zero-order valence-electron chi connectivity index (χ0n) is 19.8. The van der Waals surface area contributed by atoms with Crippen LogP contribution in [0.1, 0.15) is 38.3 Å². The molecule has 2 amide bonds. The number of likely N-dealkylation sites (tertiary alicyclic amines) is 1. The summed E-state index contributed by atoms with van der Waals surface area (Å²) in [5.74, 6) is -0.213. The first-order chi connectivity index (χ1) is 15.9. The fourth-order valence-corrected chi connectivity index (χ4v) is 4.31. The number of amides is 2. The number of rotatable bonds is 8. The van der Waals surface area contributed by atoms with Crippen molar-refractivity contribution >= 4 is 18.0 Å². The molecule has 0 radical (unpaired) electrons. The lowest BCUT2D eigenvalue weighted by atomic mass is 9.93. The molecular weight excluding hydrogens is 426 g/mol. The third kappa shape index (κ3) is 5.65. The molecule has 2 aliphatic rings. The molecule has 1 aromatic carbocycles. The van der Waals surface area contributed by atoms with Gasteiger partial charge in [0.1, 0.15) is 5.75 Å². The number of esters is 2. The summed E-state index contributed by atoms with van der Waals surface area (Å²) >= 11 is 0. The van der Waals surface area contributed by atoms with Crippen molar-refractivity contribution in [2.24, 2.45) is 5.92 Å². The van der Waals surface area contributed by atoms with Crippen LogP contribution in [0.15, 0.2) is 35.5 Å². The van der Waals surface area contributed by atoms with Crippen LogP contribution in [-0.4, -0.2) is 74.8 Å². The summed E-state index contributed by atoms with van der Waals surface area (Å²) in [5.41, 5.74) is 1.71. The van der Waals surface area contributed by atoms with Crippen LogP contribution >= 0.6 is 0 Å². The number of carbonyl (C=O) groups is 3. The normalized spacial score (nSPS) is 21.5. The zero-order chi connectivity index (χ0) is 24.0. The molecule has 2 heterocycles. The predicted molar refractivity (Wildman–Crippen MR) is 121 cm³/mol. The Morgan fingerprint density at radius 2 is 1.82 bits per heavy atom. The van der Waals surface area contributed by atoms with Gasteiger partial charge in [-0.3, -0.25) is 14.6 Å². The second-order valence-electron chi connectivity index (χ2n) is 8.12. The van der Waals surface area contributed by atoms with Crippen molar-refractivity contribution in [3.05, 3.63) is 41.1 Å². The van der Waals surface area contributed by atoms with Gasteiger partial charge in [-0.25, -0.2) is 9.59 Å². The third-order valence-corrected chi connectivity index (χ3v) is 6.02. The first kappa shape index (κ1) is 24.6. The van der Waals surface area contributed by atoms with E-state index in [0.29, 0.717) is 36.7 Å². The van der Waals surface area contributed by atoms with Crippen LogP contribution in [-0.2, 0) is 19.1 Å². The van der Waals surface area contributed by atoms with Crippen LogP contribution in [0.2, 0.25) is 0 Å². The minimum Gasteiger partial charge on any atom is -0.497 e. The number of nitrogens with one attached hydrogen (secondary N) is 1. The van der Waals surface area contributed by atoms with E-state index >= 15 is 0 Å². The largest absolute Gasteiger partial charge is 0.497 e. The molecule has 180 valence electrons. The van der Waals surface area contributed by atoms with Gasteiger partial charge in [0.25, 0.3) is 0 Å². The number of benzene rings is 1. The average Bonchev–Trinajstić information content (AvgIpc) is 2.82. The standard InChI is InChI=1S/C24H33N3O6/c1-5-32-22(28)17-8-7-13-27(14-17)15-19-20(23(29)33-6-2)21(25-24(30)26(19)3)16-9-11-18(31-4)12-10-16/h9-12,17,21H,5-8,13-15H2,1-4H3,(H,25,30). The van der Waals surface area contributed by atoms with Crippen LogP contribution in [0.25, 0.3) is 0 Å². The van der Waals surface area contributed by atoms with Gasteiger partial charge in [0.2, 0.25) is 0 Å². The molecule has 0 spiro atoms. The molecule has 33 heavy (non-hydrogen) atoms. The van der Waals surface area contributed by atoms with Gasteiger partial charge in [-0.1, -0.05) is 12.1 Å². The number of urea groups is 1. The molecule has 2 unspecified atom stereocenters. The maximum Gasteiger partial charge on any atom is 0.338 e. The van der Waals surface area contributed by atoms with E-state index in [2.05, 4.69) is 10.2 Å². The van der Waals surface area contributed by atoms with E-state index in [1.165, 1.54) is 4.90 Å². The zero-order valence-corrected chi connectivity index (χ0v) is 19.8. The number of piperidine rings is 1. The Morgan fingerprint density at radius 1 is 1.12 bits per heavy atom. The van der Waals surface area contributed by atoms with Crippen molar-refractivity contribution in [2.45, 2.75) is 32.7 Å². The second kappa shape index (κ2) is 11.2. The molecule has 0 bridgehead atoms. The lowest BCUT2D eigenvalue weighted by Crippen LogP contribution is -2.50. The third-order valence-electron chi connectivity index (χ3n) is 6.02. The van der Waals surface area contributed by atoms with Crippen molar-refractivity contribution in [1.29, 1.82) is 0 Å². The summed E-state index contributed by atoms with van der Waals surface area (Å²) < 4.78 is 15.8. The Hall–Kier alpha value is -3.07. The van der Waals surface area contributed by atoms with Gasteiger partial charge in [-0.05, 0) is 50.9 Å². The summed E-state index contributed by atoms with van der Waals surface area (Å²) in [6.07, 6.45) is 1.60. The Bertz CT molecular complexity index is 898. The molecule has 1 saturated heterocycles. The number of likely N-dealkylation sites (N-methyl/N-ethyl adjacent to an activating group) is 1. The predicted octanol–water partition coefficient (Wildman–Crippen LogP) is 2.48. The van der Waals surface area contributed by atoms with Gasteiger partial charge in [-0.15, -0.1) is 0 Å². The van der Waals surface area contributed by atoms with Crippen LogP contribution in [0.5, 0.6) is 5.75 Å². The van der Waals surface area contributed by atoms with E-state index in [4.69, 9.17) is 14.2 Å². The van der Waals surface area contributed by atoms with Gasteiger partial charge >= 0.3 is 18.0 Å². The Labute approximate surface area is 194 Å². The highest BCUT2D eigenvalue weighted by Gasteiger charge is 2.38. The molecule has 0 aliphatic carbocycles. The number of hydrogen-bond donors (Lipinski definition) is 1. The van der Waals surface area contributed by atoms with Gasteiger partial charge < -0.3 is 19.5 Å². The van der Waals surface area contributed by atoms with Crippen LogP contribution in [0, 0.1) is 5.92 Å². The highest BCUT2D eigenvalue weighted by Crippen LogP contribution is 2.33. The minimum absolute atomic E-state index is 0.201. The van der Waals surface area contributed by atoms with Gasteiger partial charge in [-0.2, -0.15) is 0 Å². The molecule has 1 aromatic rings. The Balaban J connectivity index is 1.95. The molecule has 0 saturated carbocycles. The molecule has 2 atom stereocenters. The monoisotopic (exact) mass is 459 g/mol. The Morgan fingerprint density at radius 3 is 2.45 bits per heavy atom. The van der Waals surface area contributed by atoms with Crippen molar-refractivity contribution in [1.82, 2.24) is 15.1 Å². The summed E-state index contributed by atoms with van der Waals surface area (Å²) in [7, 11) is 3.22. The van der Waals surface area contributed by atoms with E-state index in [-0.39, 0.29) is 24.5 Å². The fraction of sp³-hybridized carbons (Fsp3) is 0.542. The number of hydrogen-bond acceptors (Lipinski definition) is 7. The highest BCUT2D eigenvalue weighted by molar-refractivity contribution is 5.95. The first-order valence-electron chi connectivity index (χ1n) is 11.4. The topological polar surface area (TPSA) is 97.4 Å². The van der Waals surface area contributed by atoms with Crippen molar-refractivity contribution in [3.8, 4) is 5.75 Å². The average molecular weight is 460 g/mol. The van der Waals surface area contributed by atoms with Crippen LogP contribution in [0.3, 0.4) is 0 Å². The molecule has 0 aromatic heterocycles. The number of carbonyl (C=O) groups excluding carboxylic acids is 3. The van der Waals surface area contributed by atoms with Crippen molar-refractivity contribution in [2.75, 3.05) is 47.0 Å². The molecule has 3 rings (SSSR count). The van der Waals surface area contributed by atoms with E-state index in [0.717, 1.165) is 24.9 Å². The quantitative estimate of drug-likeness (QED) is 0.597. The van der Waals surface area contributed by atoms with Gasteiger partial charge in [0.05, 0.1) is 37.9 Å². The van der Waals surface area contributed by atoms with E-state index in [9.17, 15) is 14.4 Å². The Kier molecular flexibility index (Phi) is 8.32. The van der Waals surface area contributed by atoms with Gasteiger partial charge in [0.15, 0.2) is 0 Å². The molecule has 9 heteroatoms. The van der Waals surface area contributed by atoms with E-state index < -0.39 is 12.0 Å². The molecule has 1 fully saturated rings. The van der Waals surface area contributed by atoms with Crippen molar-refractivity contribution in [3.63, 3.8) is 0 Å². The van der Waals surface area contributed by atoms with Crippen LogP contribution in [0.4, 0.5) is 4.79 Å². The maximum absolute atomic E-state index is 13.1. The molecular formula is C24H33N3O6. The highest BCUT2D eigenvalue weighted by atomic mass is 16.5. The molecule has 1 N–H and O–H groups in total. The smallest absolute Gasteiger partial charge is 0.338 e. The summed E-state index contributed by atoms with van der Waals surface area (Å²) in [4.78, 5) is 41.8. The maximum atomic E-state index is 13.1. The summed E-state index contributed by atoms with van der Waals surface area (Å²) in [6, 6.07) is 6.26.